The van der Waals surface area contributed by atoms with Crippen LogP contribution in [0.2, 0.25) is 0 Å². The summed E-state index contributed by atoms with van der Waals surface area (Å²) in [4.78, 5) is 19.0. The molecule has 30 heavy (non-hydrogen) atoms. The summed E-state index contributed by atoms with van der Waals surface area (Å²) < 4.78 is 12.4. The predicted molar refractivity (Wildman–Crippen MR) is 117 cm³/mol. The second kappa shape index (κ2) is 8.16. The quantitative estimate of drug-likeness (QED) is 0.509. The number of aromatic nitrogens is 3. The van der Waals surface area contributed by atoms with Crippen LogP contribution >= 0.6 is 11.3 Å². The second-order valence-corrected chi connectivity index (χ2v) is 7.75. The lowest BCUT2D eigenvalue weighted by Crippen LogP contribution is -2.23. The lowest BCUT2D eigenvalue weighted by atomic mass is 10.1. The molecule has 0 spiro atoms. The van der Waals surface area contributed by atoms with Crippen molar-refractivity contribution in [2.45, 2.75) is 13.5 Å². The highest BCUT2D eigenvalue weighted by Crippen LogP contribution is 2.29. The lowest BCUT2D eigenvalue weighted by Gasteiger charge is -2.12. The molecule has 0 saturated carbocycles. The Balaban J connectivity index is 1.71. The molecular weight excluding hydrogens is 400 g/mol. The number of carbonyl (C=O) groups is 1. The first-order valence-electron chi connectivity index (χ1n) is 9.39. The van der Waals surface area contributed by atoms with Crippen LogP contribution < -0.4 is 14.8 Å². The first kappa shape index (κ1) is 19.9. The van der Waals surface area contributed by atoms with E-state index < -0.39 is 0 Å². The third-order valence-corrected chi connectivity index (χ3v) is 5.81. The molecule has 7 nitrogen and oxygen atoms in total. The normalized spacial score (nSPS) is 10.9. The summed E-state index contributed by atoms with van der Waals surface area (Å²) in [5.74, 6) is 1.20. The number of fused-ring (bicyclic) bond motifs is 1. The van der Waals surface area contributed by atoms with Gasteiger partial charge in [-0.1, -0.05) is 6.07 Å². The summed E-state index contributed by atoms with van der Waals surface area (Å²) in [5.41, 5.74) is 3.58. The molecule has 0 radical (unpaired) electrons. The molecule has 0 aliphatic carbocycles. The van der Waals surface area contributed by atoms with E-state index in [0.717, 1.165) is 27.2 Å². The SMILES string of the molecule is COc1ccc(OC)c(CNC(=O)c2cc(-c3cccs3)nc3c2c(C)nn3C)c1. The van der Waals surface area contributed by atoms with Crippen molar-refractivity contribution < 1.29 is 14.3 Å². The Bertz CT molecular complexity index is 1220. The van der Waals surface area contributed by atoms with Crippen molar-refractivity contribution in [1.29, 1.82) is 0 Å². The van der Waals surface area contributed by atoms with Gasteiger partial charge in [0.1, 0.15) is 11.5 Å². The fraction of sp³-hybridized carbons (Fsp3) is 0.227. The highest BCUT2D eigenvalue weighted by atomic mass is 32.1. The Morgan fingerprint density at radius 1 is 1.20 bits per heavy atom. The first-order chi connectivity index (χ1) is 14.5. The molecule has 0 aliphatic heterocycles. The van der Waals surface area contributed by atoms with Gasteiger partial charge in [0, 0.05) is 19.2 Å². The third kappa shape index (κ3) is 3.61. The van der Waals surface area contributed by atoms with Gasteiger partial charge in [-0.05, 0) is 42.6 Å². The van der Waals surface area contributed by atoms with E-state index in [4.69, 9.17) is 14.5 Å². The van der Waals surface area contributed by atoms with Crippen molar-refractivity contribution in [2.24, 2.45) is 7.05 Å². The molecule has 4 aromatic rings. The van der Waals surface area contributed by atoms with E-state index in [0.29, 0.717) is 29.3 Å². The molecule has 1 aromatic carbocycles. The van der Waals surface area contributed by atoms with Crippen LogP contribution in [0.25, 0.3) is 21.6 Å². The van der Waals surface area contributed by atoms with Gasteiger partial charge >= 0.3 is 0 Å². The number of benzene rings is 1. The summed E-state index contributed by atoms with van der Waals surface area (Å²) in [5, 5.41) is 10.2. The van der Waals surface area contributed by atoms with Gasteiger partial charge in [0.05, 0.1) is 41.4 Å². The minimum atomic E-state index is -0.193. The molecule has 0 atom stereocenters. The maximum absolute atomic E-state index is 13.2. The Kier molecular flexibility index (Phi) is 5.41. The average Bonchev–Trinajstić information content (AvgIpc) is 3.39. The summed E-state index contributed by atoms with van der Waals surface area (Å²) >= 11 is 1.58. The summed E-state index contributed by atoms with van der Waals surface area (Å²) in [7, 11) is 5.05. The summed E-state index contributed by atoms with van der Waals surface area (Å²) in [6, 6.07) is 11.3. The fourth-order valence-electron chi connectivity index (χ4n) is 3.47. The maximum Gasteiger partial charge on any atom is 0.252 e. The van der Waals surface area contributed by atoms with Crippen LogP contribution in [-0.4, -0.2) is 34.9 Å². The molecule has 0 saturated heterocycles. The van der Waals surface area contributed by atoms with E-state index in [1.54, 1.807) is 30.2 Å². The Morgan fingerprint density at radius 3 is 2.73 bits per heavy atom. The zero-order valence-corrected chi connectivity index (χ0v) is 18.0. The molecule has 0 fully saturated rings. The number of amides is 1. The summed E-state index contributed by atoms with van der Waals surface area (Å²) in [6.07, 6.45) is 0. The number of ether oxygens (including phenoxy) is 2. The van der Waals surface area contributed by atoms with Crippen molar-refractivity contribution >= 4 is 28.3 Å². The van der Waals surface area contributed by atoms with Gasteiger partial charge in [-0.2, -0.15) is 5.10 Å². The van der Waals surface area contributed by atoms with Gasteiger partial charge in [0.2, 0.25) is 0 Å². The monoisotopic (exact) mass is 422 g/mol. The molecule has 3 heterocycles. The van der Waals surface area contributed by atoms with E-state index in [2.05, 4.69) is 10.4 Å². The highest BCUT2D eigenvalue weighted by molar-refractivity contribution is 7.13. The van der Waals surface area contributed by atoms with Crippen LogP contribution in [0.1, 0.15) is 21.6 Å². The molecule has 1 amide bonds. The number of carbonyl (C=O) groups excluding carboxylic acids is 1. The molecule has 0 aliphatic rings. The number of rotatable bonds is 6. The number of aryl methyl sites for hydroxylation is 2. The lowest BCUT2D eigenvalue weighted by molar-refractivity contribution is 0.0952. The van der Waals surface area contributed by atoms with E-state index in [-0.39, 0.29) is 5.91 Å². The van der Waals surface area contributed by atoms with Gasteiger partial charge in [-0.25, -0.2) is 4.98 Å². The highest BCUT2D eigenvalue weighted by Gasteiger charge is 2.20. The number of nitrogens with one attached hydrogen (secondary N) is 1. The van der Waals surface area contributed by atoms with E-state index in [1.165, 1.54) is 0 Å². The number of hydrogen-bond donors (Lipinski definition) is 1. The van der Waals surface area contributed by atoms with Crippen LogP contribution in [-0.2, 0) is 13.6 Å². The molecule has 154 valence electrons. The molecule has 3 aromatic heterocycles. The number of hydrogen-bond acceptors (Lipinski definition) is 6. The van der Waals surface area contributed by atoms with E-state index >= 15 is 0 Å². The van der Waals surface area contributed by atoms with Gasteiger partial charge in [0.15, 0.2) is 5.65 Å². The van der Waals surface area contributed by atoms with Crippen LogP contribution in [0.3, 0.4) is 0 Å². The Morgan fingerprint density at radius 2 is 2.03 bits per heavy atom. The second-order valence-electron chi connectivity index (χ2n) is 6.80. The largest absolute Gasteiger partial charge is 0.497 e. The minimum absolute atomic E-state index is 0.193. The van der Waals surface area contributed by atoms with Crippen LogP contribution in [0, 0.1) is 6.92 Å². The minimum Gasteiger partial charge on any atom is -0.497 e. The molecule has 4 rings (SSSR count). The Hall–Kier alpha value is -3.39. The van der Waals surface area contributed by atoms with Crippen LogP contribution in [0.4, 0.5) is 0 Å². The number of pyridine rings is 1. The van der Waals surface area contributed by atoms with E-state index in [1.807, 2.05) is 55.7 Å². The smallest absolute Gasteiger partial charge is 0.252 e. The van der Waals surface area contributed by atoms with E-state index in [9.17, 15) is 4.79 Å². The zero-order valence-electron chi connectivity index (χ0n) is 17.2. The number of nitrogens with zero attached hydrogens (tertiary/aromatic N) is 3. The third-order valence-electron chi connectivity index (χ3n) is 4.91. The van der Waals surface area contributed by atoms with Crippen molar-refractivity contribution in [2.75, 3.05) is 14.2 Å². The molecule has 1 N–H and O–H groups in total. The number of thiophene rings is 1. The number of methoxy groups -OCH3 is 2. The van der Waals surface area contributed by atoms with Gasteiger partial charge in [-0.3, -0.25) is 9.48 Å². The topological polar surface area (TPSA) is 78.3 Å². The van der Waals surface area contributed by atoms with Crippen molar-refractivity contribution in [1.82, 2.24) is 20.1 Å². The molecule has 8 heteroatoms. The van der Waals surface area contributed by atoms with Crippen molar-refractivity contribution in [3.05, 3.63) is 58.6 Å². The van der Waals surface area contributed by atoms with Gasteiger partial charge in [-0.15, -0.1) is 11.3 Å². The Labute approximate surface area is 178 Å². The van der Waals surface area contributed by atoms with Gasteiger partial charge < -0.3 is 14.8 Å². The molecule has 0 bridgehead atoms. The maximum atomic E-state index is 13.2. The standard InChI is InChI=1S/C22H22N4O3S/c1-13-20-16(11-17(19-6-5-9-30-19)24-21(20)26(2)25-13)22(27)23-12-14-10-15(28-3)7-8-18(14)29-4/h5-11H,12H2,1-4H3,(H,23,27). The van der Waals surface area contributed by atoms with Crippen LogP contribution in [0.15, 0.2) is 41.8 Å². The molecule has 0 unspecified atom stereocenters. The molecular formula is C22H22N4O3S. The fourth-order valence-corrected chi connectivity index (χ4v) is 4.15. The average molecular weight is 423 g/mol. The van der Waals surface area contributed by atoms with Gasteiger partial charge in [0.25, 0.3) is 5.91 Å². The van der Waals surface area contributed by atoms with Crippen molar-refractivity contribution in [3.63, 3.8) is 0 Å². The zero-order chi connectivity index (χ0) is 21.3. The van der Waals surface area contributed by atoms with Crippen molar-refractivity contribution in [3.8, 4) is 22.1 Å². The first-order valence-corrected chi connectivity index (χ1v) is 10.3. The summed E-state index contributed by atoms with van der Waals surface area (Å²) in [6.45, 7) is 2.19. The van der Waals surface area contributed by atoms with Crippen LogP contribution in [0.5, 0.6) is 11.5 Å². The predicted octanol–water partition coefficient (Wildman–Crippen LogP) is 3.95.